The first-order chi connectivity index (χ1) is 15.9. The third kappa shape index (κ3) is 5.03. The number of nitrogens with zero attached hydrogens (tertiary/aromatic N) is 1. The minimum atomic E-state index is -3.78. The summed E-state index contributed by atoms with van der Waals surface area (Å²) in [5.41, 5.74) is 1.24. The molecule has 7 nitrogen and oxygen atoms in total. The zero-order valence-electron chi connectivity index (χ0n) is 18.0. The molecule has 2 aromatic heterocycles. The summed E-state index contributed by atoms with van der Waals surface area (Å²) in [6.45, 7) is 2.21. The van der Waals surface area contributed by atoms with E-state index >= 15 is 0 Å². The Bertz CT molecular complexity index is 1220. The van der Waals surface area contributed by atoms with Gasteiger partial charge in [0.05, 0.1) is 12.3 Å². The van der Waals surface area contributed by atoms with E-state index < -0.39 is 27.9 Å². The summed E-state index contributed by atoms with van der Waals surface area (Å²) in [7, 11) is -3.78. The Kier molecular flexibility index (Phi) is 7.28. The van der Waals surface area contributed by atoms with Crippen molar-refractivity contribution in [2.75, 3.05) is 18.5 Å². The third-order valence-electron chi connectivity index (χ3n) is 5.32. The van der Waals surface area contributed by atoms with Gasteiger partial charge in [0.15, 0.2) is 0 Å². The maximum Gasteiger partial charge on any atom is 0.350 e. The van der Waals surface area contributed by atoms with Gasteiger partial charge in [-0.15, -0.1) is 22.7 Å². The molecule has 1 atom stereocenters. The SMILES string of the molecule is CCOC(=O)c1sc(-c2ccccc2)cc1NC(=O)C1CCCCN1S(=O)(=O)c1cccs1. The maximum atomic E-state index is 13.3. The molecule has 174 valence electrons. The van der Waals surface area contributed by atoms with Gasteiger partial charge in [-0.2, -0.15) is 4.31 Å². The molecule has 3 heterocycles. The van der Waals surface area contributed by atoms with Gasteiger partial charge in [-0.1, -0.05) is 42.8 Å². The molecule has 0 radical (unpaired) electrons. The highest BCUT2D eigenvalue weighted by Crippen LogP contribution is 2.36. The summed E-state index contributed by atoms with van der Waals surface area (Å²) in [4.78, 5) is 27.0. The van der Waals surface area contributed by atoms with Crippen LogP contribution in [0.3, 0.4) is 0 Å². The fourth-order valence-corrected chi connectivity index (χ4v) is 7.56. The molecular weight excluding hydrogens is 480 g/mol. The lowest BCUT2D eigenvalue weighted by molar-refractivity contribution is -0.120. The average Bonchev–Trinajstić information content (AvgIpc) is 3.51. The van der Waals surface area contributed by atoms with Crippen molar-refractivity contribution >= 4 is 50.3 Å². The van der Waals surface area contributed by atoms with Crippen LogP contribution in [-0.2, 0) is 19.6 Å². The van der Waals surface area contributed by atoms with E-state index in [0.29, 0.717) is 18.5 Å². The van der Waals surface area contributed by atoms with Crippen molar-refractivity contribution in [2.24, 2.45) is 0 Å². The zero-order chi connectivity index (χ0) is 23.4. The molecule has 0 spiro atoms. The predicted molar refractivity (Wildman–Crippen MR) is 130 cm³/mol. The van der Waals surface area contributed by atoms with Crippen LogP contribution in [0.25, 0.3) is 10.4 Å². The van der Waals surface area contributed by atoms with E-state index in [1.807, 2.05) is 30.3 Å². The van der Waals surface area contributed by atoms with Gasteiger partial charge in [-0.25, -0.2) is 13.2 Å². The smallest absolute Gasteiger partial charge is 0.350 e. The molecule has 4 rings (SSSR count). The summed E-state index contributed by atoms with van der Waals surface area (Å²) < 4.78 is 33.0. The fourth-order valence-electron chi connectivity index (χ4n) is 3.77. The van der Waals surface area contributed by atoms with E-state index in [2.05, 4.69) is 5.32 Å². The van der Waals surface area contributed by atoms with Gasteiger partial charge in [0, 0.05) is 11.4 Å². The standard InChI is InChI=1S/C23H24N2O5S3/c1-2-30-23(27)21-17(15-19(32-21)16-9-4-3-5-10-16)24-22(26)18-11-6-7-13-25(18)33(28,29)20-12-8-14-31-20/h3-5,8-10,12,14-15,18H,2,6-7,11,13H2,1H3,(H,24,26). The third-order valence-corrected chi connectivity index (χ3v) is 9.77. The first-order valence-corrected chi connectivity index (χ1v) is 13.8. The lowest BCUT2D eigenvalue weighted by Gasteiger charge is -2.33. The van der Waals surface area contributed by atoms with Crippen LogP contribution in [0, 0.1) is 0 Å². The molecule has 1 saturated heterocycles. The summed E-state index contributed by atoms with van der Waals surface area (Å²) in [5.74, 6) is -0.968. The second kappa shape index (κ2) is 10.2. The number of thiophene rings is 2. The monoisotopic (exact) mass is 504 g/mol. The highest BCUT2D eigenvalue weighted by molar-refractivity contribution is 7.91. The second-order valence-corrected chi connectivity index (χ2v) is 11.6. The molecule has 1 amide bonds. The van der Waals surface area contributed by atoms with Crippen LogP contribution in [0.5, 0.6) is 0 Å². The quantitative estimate of drug-likeness (QED) is 0.465. The molecule has 10 heteroatoms. The molecular formula is C23H24N2O5S3. The minimum absolute atomic E-state index is 0.209. The fraction of sp³-hybridized carbons (Fsp3) is 0.304. The molecule has 1 aliphatic heterocycles. The Hall–Kier alpha value is -2.53. The Balaban J connectivity index is 1.64. The number of benzene rings is 1. The van der Waals surface area contributed by atoms with Gasteiger partial charge in [0.1, 0.15) is 15.1 Å². The van der Waals surface area contributed by atoms with Crippen molar-refractivity contribution in [1.29, 1.82) is 0 Å². The van der Waals surface area contributed by atoms with Crippen molar-refractivity contribution in [2.45, 2.75) is 36.4 Å². The number of amides is 1. The van der Waals surface area contributed by atoms with Crippen LogP contribution < -0.4 is 5.32 Å². The predicted octanol–water partition coefficient (Wildman–Crippen LogP) is 4.84. The maximum absolute atomic E-state index is 13.3. The van der Waals surface area contributed by atoms with E-state index in [1.54, 1.807) is 30.5 Å². The van der Waals surface area contributed by atoms with Crippen molar-refractivity contribution in [1.82, 2.24) is 4.31 Å². The molecule has 1 unspecified atom stereocenters. The van der Waals surface area contributed by atoms with Gasteiger partial charge in [-0.3, -0.25) is 4.79 Å². The number of nitrogens with one attached hydrogen (secondary N) is 1. The number of carbonyl (C=O) groups excluding carboxylic acids is 2. The van der Waals surface area contributed by atoms with E-state index in [0.717, 1.165) is 28.2 Å². The van der Waals surface area contributed by atoms with Crippen molar-refractivity contribution in [3.05, 3.63) is 58.8 Å². The van der Waals surface area contributed by atoms with Gasteiger partial charge < -0.3 is 10.1 Å². The number of carbonyl (C=O) groups is 2. The molecule has 0 saturated carbocycles. The molecule has 0 bridgehead atoms. The molecule has 1 fully saturated rings. The lowest BCUT2D eigenvalue weighted by Crippen LogP contribution is -2.49. The summed E-state index contributed by atoms with van der Waals surface area (Å²) >= 11 is 2.37. The van der Waals surface area contributed by atoms with Crippen molar-refractivity contribution in [3.8, 4) is 10.4 Å². The number of hydrogen-bond acceptors (Lipinski definition) is 7. The topological polar surface area (TPSA) is 92.8 Å². The Morgan fingerprint density at radius 2 is 1.94 bits per heavy atom. The second-order valence-electron chi connectivity index (χ2n) is 7.49. The molecule has 3 aromatic rings. The zero-order valence-corrected chi connectivity index (χ0v) is 20.5. The number of anilines is 1. The van der Waals surface area contributed by atoms with Crippen LogP contribution in [0.1, 0.15) is 35.9 Å². The van der Waals surface area contributed by atoms with Crippen LogP contribution in [0.4, 0.5) is 5.69 Å². The minimum Gasteiger partial charge on any atom is -0.462 e. The highest BCUT2D eigenvalue weighted by atomic mass is 32.2. The van der Waals surface area contributed by atoms with Crippen LogP contribution >= 0.6 is 22.7 Å². The first kappa shape index (κ1) is 23.6. The molecule has 0 aliphatic carbocycles. The number of rotatable bonds is 7. The van der Waals surface area contributed by atoms with Gasteiger partial charge in [-0.05, 0) is 42.8 Å². The number of piperidine rings is 1. The van der Waals surface area contributed by atoms with Crippen LogP contribution in [-0.4, -0.2) is 43.8 Å². The average molecular weight is 505 g/mol. The summed E-state index contributed by atoms with van der Waals surface area (Å²) in [6.07, 6.45) is 1.86. The number of esters is 1. The summed E-state index contributed by atoms with van der Waals surface area (Å²) in [5, 5.41) is 4.53. The Labute approximate surface area is 201 Å². The molecule has 33 heavy (non-hydrogen) atoms. The van der Waals surface area contributed by atoms with Crippen LogP contribution in [0.15, 0.2) is 58.1 Å². The molecule has 1 aromatic carbocycles. The Morgan fingerprint density at radius 1 is 1.15 bits per heavy atom. The van der Waals surface area contributed by atoms with Gasteiger partial charge in [0.25, 0.3) is 10.0 Å². The van der Waals surface area contributed by atoms with Gasteiger partial charge >= 0.3 is 5.97 Å². The summed E-state index contributed by atoms with van der Waals surface area (Å²) in [6, 6.07) is 13.7. The number of hydrogen-bond donors (Lipinski definition) is 1. The number of sulfonamides is 1. The van der Waals surface area contributed by atoms with Gasteiger partial charge in [0.2, 0.25) is 5.91 Å². The van der Waals surface area contributed by atoms with E-state index in [9.17, 15) is 18.0 Å². The molecule has 1 aliphatic rings. The normalized spacial score (nSPS) is 16.9. The number of ether oxygens (including phenoxy) is 1. The van der Waals surface area contributed by atoms with E-state index in [-0.39, 0.29) is 22.2 Å². The highest BCUT2D eigenvalue weighted by Gasteiger charge is 2.38. The largest absolute Gasteiger partial charge is 0.462 e. The van der Waals surface area contributed by atoms with Crippen molar-refractivity contribution in [3.63, 3.8) is 0 Å². The van der Waals surface area contributed by atoms with Crippen molar-refractivity contribution < 1.29 is 22.7 Å². The van der Waals surface area contributed by atoms with Crippen LogP contribution in [0.2, 0.25) is 0 Å². The lowest BCUT2D eigenvalue weighted by atomic mass is 10.0. The first-order valence-electron chi connectivity index (χ1n) is 10.6. The van der Waals surface area contributed by atoms with E-state index in [4.69, 9.17) is 4.74 Å². The molecule has 1 N–H and O–H groups in total. The Morgan fingerprint density at radius 3 is 2.64 bits per heavy atom. The van der Waals surface area contributed by atoms with E-state index in [1.165, 1.54) is 15.6 Å².